The summed E-state index contributed by atoms with van der Waals surface area (Å²) < 4.78 is 0.185. The van der Waals surface area contributed by atoms with Gasteiger partial charge in [0, 0.05) is 0 Å². The normalized spacial score (nSPS) is 17.7. The van der Waals surface area contributed by atoms with Gasteiger partial charge in [0.05, 0.1) is 0 Å². The van der Waals surface area contributed by atoms with Crippen LogP contribution >= 0.6 is 17.0 Å². The van der Waals surface area contributed by atoms with Gasteiger partial charge in [-0.3, -0.25) is 0 Å². The summed E-state index contributed by atoms with van der Waals surface area (Å²) in [7, 11) is 18.0. The third kappa shape index (κ3) is 6.90. The van der Waals surface area contributed by atoms with Crippen LogP contribution in [0.15, 0.2) is 83.9 Å². The number of hydrogen-bond donors (Lipinski definition) is 0. The first-order chi connectivity index (χ1) is 25.6. The second-order valence-corrected chi connectivity index (χ2v) is 60.6. The summed E-state index contributed by atoms with van der Waals surface area (Å²) >= 11 is -4.98. The van der Waals surface area contributed by atoms with Gasteiger partial charge in [0.1, 0.15) is 0 Å². The number of rotatable bonds is 13. The molecule has 4 aromatic rings. The molecule has 0 bridgehead atoms. The Morgan fingerprint density at radius 1 is 0.519 bits per heavy atom. The molecule has 0 saturated heterocycles. The van der Waals surface area contributed by atoms with E-state index in [4.69, 9.17) is 17.0 Å². The maximum absolute atomic E-state index is 8.98. The molecule has 2 aliphatic rings. The second kappa shape index (κ2) is 16.1. The fraction of sp³-hybridized carbons (Fsp3) is 0.440. The predicted octanol–water partition coefficient (Wildman–Crippen LogP) is 16.7. The quantitative estimate of drug-likeness (QED) is 0.118. The van der Waals surface area contributed by atoms with Gasteiger partial charge in [0.15, 0.2) is 0 Å². The average Bonchev–Trinajstić information content (AvgIpc) is 3.70. The van der Waals surface area contributed by atoms with Crippen LogP contribution in [0, 0.1) is 0 Å². The van der Waals surface area contributed by atoms with E-state index in [9.17, 15) is 0 Å². The monoisotopic (exact) mass is 853 g/mol. The molecular weight excluding hydrogens is 791 g/mol. The van der Waals surface area contributed by atoms with Crippen molar-refractivity contribution in [2.75, 3.05) is 0 Å². The molecule has 4 heteroatoms. The fourth-order valence-corrected chi connectivity index (χ4v) is 41.7. The fourth-order valence-electron chi connectivity index (χ4n) is 10.2. The second-order valence-electron chi connectivity index (χ2n) is 18.0. The number of allylic oxidation sites excluding steroid dienone is 2. The zero-order chi connectivity index (χ0) is 39.3. The van der Waals surface area contributed by atoms with Crippen LogP contribution in [0.25, 0.3) is 34.4 Å². The first-order valence-electron chi connectivity index (χ1n) is 21.1. The number of fused-ring (bicyclic) bond motifs is 2. The third-order valence-electron chi connectivity index (χ3n) is 12.9. The van der Waals surface area contributed by atoms with E-state index < -0.39 is 21.5 Å². The van der Waals surface area contributed by atoms with Crippen molar-refractivity contribution in [1.29, 1.82) is 0 Å². The molecule has 0 aliphatic heterocycles. The van der Waals surface area contributed by atoms with E-state index in [0.29, 0.717) is 23.7 Å². The van der Waals surface area contributed by atoms with Gasteiger partial charge in [-0.1, -0.05) is 0 Å². The summed E-state index contributed by atoms with van der Waals surface area (Å²) in [6, 6.07) is 28.1. The summed E-state index contributed by atoms with van der Waals surface area (Å²) in [6.45, 7) is 28.4. The summed E-state index contributed by atoms with van der Waals surface area (Å²) in [6.07, 6.45) is 9.38. The molecule has 6 rings (SSSR count). The van der Waals surface area contributed by atoms with E-state index in [1.807, 2.05) is 0 Å². The molecule has 54 heavy (non-hydrogen) atoms. The minimum absolute atomic E-state index is 0.0925. The van der Waals surface area contributed by atoms with Gasteiger partial charge in [-0.25, -0.2) is 0 Å². The summed E-state index contributed by atoms with van der Waals surface area (Å²) in [4.78, 5) is 0. The summed E-state index contributed by atoms with van der Waals surface area (Å²) in [5.74, 6) is -0.0751. The van der Waals surface area contributed by atoms with Crippen molar-refractivity contribution in [3.8, 4) is 22.3 Å². The Morgan fingerprint density at radius 3 is 1.19 bits per heavy atom. The van der Waals surface area contributed by atoms with Crippen LogP contribution in [0.4, 0.5) is 0 Å². The van der Waals surface area contributed by atoms with Crippen molar-refractivity contribution >= 4 is 35.1 Å². The SMILES string of the molecule is CCCC1=Cc2c(ccc(C(C)C)c2-c2ccccc2C(C)C)[CH]1[Zr]([Cl])([Cl])([CH]1C(CCC)=Cc2c1ccc(C(C)C)c2-c1ccccc1C(C)C)[SiH](C)C. The summed E-state index contributed by atoms with van der Waals surface area (Å²) in [5, 5.41) is 0. The molecular formula is C50H65Cl2SiZr. The molecule has 287 valence electrons. The molecule has 0 amide bonds. The molecule has 0 heterocycles. The van der Waals surface area contributed by atoms with Crippen LogP contribution in [-0.4, -0.2) is 5.92 Å². The van der Waals surface area contributed by atoms with E-state index in [1.165, 1.54) is 77.9 Å². The van der Waals surface area contributed by atoms with Gasteiger partial charge in [-0.15, -0.1) is 0 Å². The van der Waals surface area contributed by atoms with E-state index in [0.717, 1.165) is 25.7 Å². The zero-order valence-corrected chi connectivity index (χ0v) is 40.3. The van der Waals surface area contributed by atoms with Crippen molar-refractivity contribution in [2.45, 2.75) is 139 Å². The Morgan fingerprint density at radius 2 is 0.870 bits per heavy atom. The van der Waals surface area contributed by atoms with Crippen LogP contribution in [0.3, 0.4) is 0 Å². The van der Waals surface area contributed by atoms with E-state index in [1.54, 1.807) is 0 Å². The molecule has 0 saturated carbocycles. The number of halogens is 2. The average molecular weight is 856 g/mol. The standard InChI is InChI=1S/2C24H29.C2H7Si.2ClH.Zr/c2*1-6-9-18-14-19-12-13-21(17(4)5)24(23(19)15-18)22-11-8-7-10-20(22)16(2)3;1-3-2;;;/h2*7-8,10-17H,6,9H2,1-5H3;3H,1-2H3;2*1H;/q;;;;;+2/p-2. The Bertz CT molecular complexity index is 1950. The van der Waals surface area contributed by atoms with Gasteiger partial charge < -0.3 is 0 Å². The molecule has 4 aromatic carbocycles. The van der Waals surface area contributed by atoms with Crippen LogP contribution < -0.4 is 0 Å². The van der Waals surface area contributed by atoms with E-state index in [-0.39, 0.29) is 7.25 Å². The first-order valence-corrected chi connectivity index (χ1v) is 37.4. The van der Waals surface area contributed by atoms with Crippen molar-refractivity contribution in [2.24, 2.45) is 0 Å². The van der Waals surface area contributed by atoms with Crippen molar-refractivity contribution in [3.63, 3.8) is 0 Å². The number of benzene rings is 4. The van der Waals surface area contributed by atoms with E-state index in [2.05, 4.69) is 167 Å². The summed E-state index contributed by atoms with van der Waals surface area (Å²) in [5.41, 5.74) is 19.8. The molecule has 0 spiro atoms. The maximum atomic E-state index is 8.98. The third-order valence-corrected chi connectivity index (χ3v) is 64.7. The van der Waals surface area contributed by atoms with Crippen molar-refractivity contribution in [3.05, 3.63) is 128 Å². The Balaban J connectivity index is 1.69. The predicted molar refractivity (Wildman–Crippen MR) is 242 cm³/mol. The number of hydrogen-bond acceptors (Lipinski definition) is 0. The first kappa shape index (κ1) is 41.7. The molecule has 0 fully saturated rings. The molecule has 2 unspecified atom stereocenters. The van der Waals surface area contributed by atoms with Gasteiger partial charge in [0.2, 0.25) is 0 Å². The van der Waals surface area contributed by atoms with Gasteiger partial charge in [-0.2, -0.15) is 0 Å². The Kier molecular flexibility index (Phi) is 12.4. The molecule has 0 N–H and O–H groups in total. The van der Waals surface area contributed by atoms with Crippen LogP contribution in [-0.2, 0) is 15.6 Å². The Hall–Kier alpha value is -1.96. The van der Waals surface area contributed by atoms with Crippen LogP contribution in [0.2, 0.25) is 13.1 Å². The molecule has 2 aliphatic carbocycles. The van der Waals surface area contributed by atoms with Gasteiger partial charge in [-0.05, 0) is 0 Å². The van der Waals surface area contributed by atoms with Crippen LogP contribution in [0.5, 0.6) is 0 Å². The van der Waals surface area contributed by atoms with Crippen molar-refractivity contribution < 1.29 is 15.6 Å². The van der Waals surface area contributed by atoms with Crippen LogP contribution in [0.1, 0.15) is 170 Å². The molecule has 0 radical (unpaired) electrons. The van der Waals surface area contributed by atoms with Gasteiger partial charge in [0.25, 0.3) is 0 Å². The molecule has 0 aromatic heterocycles. The Labute approximate surface area is 337 Å². The minimum atomic E-state index is -4.98. The van der Waals surface area contributed by atoms with E-state index >= 15 is 0 Å². The molecule has 0 nitrogen and oxygen atoms in total. The topological polar surface area (TPSA) is 0 Å². The zero-order valence-electron chi connectivity index (χ0n) is 35.2. The molecule has 2 atom stereocenters. The van der Waals surface area contributed by atoms with Gasteiger partial charge >= 0.3 is 340 Å². The van der Waals surface area contributed by atoms with Crippen molar-refractivity contribution in [1.82, 2.24) is 0 Å².